The van der Waals surface area contributed by atoms with Gasteiger partial charge in [-0.3, -0.25) is 4.99 Å². The van der Waals surface area contributed by atoms with Crippen molar-refractivity contribution in [3.05, 3.63) is 24.8 Å². The molecule has 3 heteroatoms. The maximum absolute atomic E-state index is 4.06. The number of rotatable bonds is 2. The van der Waals surface area contributed by atoms with Crippen molar-refractivity contribution in [2.24, 2.45) is 4.99 Å². The van der Waals surface area contributed by atoms with Gasteiger partial charge in [-0.15, -0.1) is 0 Å². The van der Waals surface area contributed by atoms with E-state index in [1.165, 1.54) is 6.33 Å². The summed E-state index contributed by atoms with van der Waals surface area (Å²) in [6.45, 7) is 5.46. The van der Waals surface area contributed by atoms with Crippen LogP contribution in [0.1, 0.15) is 12.6 Å². The molecule has 0 atom stereocenters. The molecule has 0 saturated heterocycles. The predicted octanol–water partition coefficient (Wildman–Crippen LogP) is 1.84. The summed E-state index contributed by atoms with van der Waals surface area (Å²) < 4.78 is 0. The lowest BCUT2D eigenvalue weighted by Crippen LogP contribution is -1.82. The summed E-state index contributed by atoms with van der Waals surface area (Å²) >= 11 is 0. The van der Waals surface area contributed by atoms with Crippen molar-refractivity contribution in [1.29, 1.82) is 0 Å². The normalized spacial score (nSPS) is 10.3. The molecule has 11 heavy (non-hydrogen) atoms. The number of hydrogen-bond donors (Lipinski definition) is 0. The molecular weight excluding hydrogens is 138 g/mol. The second-order valence-corrected chi connectivity index (χ2v) is 1.88. The van der Waals surface area contributed by atoms with Gasteiger partial charge >= 0.3 is 0 Å². The van der Waals surface area contributed by atoms with Crippen molar-refractivity contribution in [2.45, 2.75) is 6.92 Å². The third-order valence-corrected chi connectivity index (χ3v) is 1.18. The summed E-state index contributed by atoms with van der Waals surface area (Å²) in [7, 11) is 0. The zero-order chi connectivity index (χ0) is 8.10. The average Bonchev–Trinajstić information content (AvgIpc) is 2.06. The Kier molecular flexibility index (Phi) is 2.49. The molecule has 56 valence electrons. The minimum atomic E-state index is 0.755. The topological polar surface area (TPSA) is 38.1 Å². The molecule has 0 bridgehead atoms. The van der Waals surface area contributed by atoms with Crippen molar-refractivity contribution < 1.29 is 0 Å². The van der Waals surface area contributed by atoms with Gasteiger partial charge in [-0.25, -0.2) is 9.97 Å². The van der Waals surface area contributed by atoms with Gasteiger partial charge in [-0.2, -0.15) is 0 Å². The molecule has 0 aromatic carbocycles. The maximum atomic E-state index is 4.06. The highest BCUT2D eigenvalue weighted by atomic mass is 14.9. The molecule has 1 rings (SSSR count). The standard InChI is InChI=1S/C8H9N3/c1-3-7-8(10-4-2)5-9-6-11-7/h3-6H,1H2,2H3/b10-4-. The molecule has 0 aliphatic heterocycles. The average molecular weight is 147 g/mol. The van der Waals surface area contributed by atoms with Gasteiger partial charge in [0.15, 0.2) is 0 Å². The van der Waals surface area contributed by atoms with Gasteiger partial charge in [0.1, 0.15) is 12.0 Å². The molecule has 0 radical (unpaired) electrons. The van der Waals surface area contributed by atoms with Crippen LogP contribution < -0.4 is 0 Å². The van der Waals surface area contributed by atoms with Crippen LogP contribution in [0.4, 0.5) is 5.69 Å². The summed E-state index contributed by atoms with van der Waals surface area (Å²) in [6, 6.07) is 0. The Morgan fingerprint density at radius 1 is 1.64 bits per heavy atom. The number of aliphatic imine (C=N–C) groups is 1. The van der Waals surface area contributed by atoms with E-state index in [0.29, 0.717) is 0 Å². The maximum Gasteiger partial charge on any atom is 0.116 e. The van der Waals surface area contributed by atoms with E-state index in [9.17, 15) is 0 Å². The predicted molar refractivity (Wildman–Crippen MR) is 45.9 cm³/mol. The molecule has 0 aliphatic rings. The second-order valence-electron chi connectivity index (χ2n) is 1.88. The van der Waals surface area contributed by atoms with Gasteiger partial charge in [0.25, 0.3) is 0 Å². The fourth-order valence-electron chi connectivity index (χ4n) is 0.728. The molecule has 0 spiro atoms. The van der Waals surface area contributed by atoms with Gasteiger partial charge in [0, 0.05) is 6.21 Å². The molecule has 0 fully saturated rings. The zero-order valence-corrected chi connectivity index (χ0v) is 6.36. The van der Waals surface area contributed by atoms with Crippen LogP contribution in [0.2, 0.25) is 0 Å². The van der Waals surface area contributed by atoms with Crippen LogP contribution >= 0.6 is 0 Å². The number of nitrogens with zero attached hydrogens (tertiary/aromatic N) is 3. The van der Waals surface area contributed by atoms with Crippen LogP contribution in [-0.4, -0.2) is 16.2 Å². The first-order chi connectivity index (χ1) is 5.38. The molecule has 0 amide bonds. The van der Waals surface area contributed by atoms with E-state index in [1.807, 2.05) is 6.92 Å². The van der Waals surface area contributed by atoms with Crippen LogP contribution in [-0.2, 0) is 0 Å². The lowest BCUT2D eigenvalue weighted by Gasteiger charge is -1.94. The number of aromatic nitrogens is 2. The van der Waals surface area contributed by atoms with Crippen LogP contribution in [0.3, 0.4) is 0 Å². The Hall–Kier alpha value is -1.51. The van der Waals surface area contributed by atoms with Crippen molar-refractivity contribution in [3.8, 4) is 0 Å². The Morgan fingerprint density at radius 2 is 2.45 bits per heavy atom. The number of hydrogen-bond acceptors (Lipinski definition) is 3. The Balaban J connectivity index is 3.11. The second kappa shape index (κ2) is 3.61. The summed E-state index contributed by atoms with van der Waals surface area (Å²) in [5.41, 5.74) is 1.52. The van der Waals surface area contributed by atoms with Gasteiger partial charge in [0.05, 0.1) is 11.9 Å². The highest BCUT2D eigenvalue weighted by Crippen LogP contribution is 2.14. The first-order valence-corrected chi connectivity index (χ1v) is 3.29. The lowest BCUT2D eigenvalue weighted by atomic mass is 10.3. The summed E-state index contributed by atoms with van der Waals surface area (Å²) in [5.74, 6) is 0. The van der Waals surface area contributed by atoms with Gasteiger partial charge in [-0.05, 0) is 13.0 Å². The first kappa shape index (κ1) is 7.60. The fraction of sp³-hybridized carbons (Fsp3) is 0.125. The Bertz CT molecular complexity index is 278. The third-order valence-electron chi connectivity index (χ3n) is 1.18. The first-order valence-electron chi connectivity index (χ1n) is 3.29. The molecule has 1 aromatic heterocycles. The van der Waals surface area contributed by atoms with E-state index in [1.54, 1.807) is 18.5 Å². The van der Waals surface area contributed by atoms with Crippen molar-refractivity contribution in [3.63, 3.8) is 0 Å². The van der Waals surface area contributed by atoms with E-state index < -0.39 is 0 Å². The van der Waals surface area contributed by atoms with Crippen molar-refractivity contribution in [1.82, 2.24) is 9.97 Å². The van der Waals surface area contributed by atoms with E-state index in [0.717, 1.165) is 11.4 Å². The van der Waals surface area contributed by atoms with Crippen LogP contribution in [0.25, 0.3) is 6.08 Å². The van der Waals surface area contributed by atoms with E-state index in [-0.39, 0.29) is 0 Å². The minimum absolute atomic E-state index is 0.755. The largest absolute Gasteiger partial charge is 0.258 e. The zero-order valence-electron chi connectivity index (χ0n) is 6.36. The Morgan fingerprint density at radius 3 is 3.09 bits per heavy atom. The molecule has 1 heterocycles. The van der Waals surface area contributed by atoms with Gasteiger partial charge in [0.2, 0.25) is 0 Å². The highest BCUT2D eigenvalue weighted by molar-refractivity contribution is 5.65. The molecule has 3 nitrogen and oxygen atoms in total. The minimum Gasteiger partial charge on any atom is -0.258 e. The van der Waals surface area contributed by atoms with Crippen molar-refractivity contribution >= 4 is 18.0 Å². The molecule has 0 saturated carbocycles. The highest BCUT2D eigenvalue weighted by Gasteiger charge is 1.94. The molecular formula is C8H9N3. The molecule has 0 aliphatic carbocycles. The quantitative estimate of drug-likeness (QED) is 0.598. The van der Waals surface area contributed by atoms with Crippen LogP contribution in [0.5, 0.6) is 0 Å². The van der Waals surface area contributed by atoms with E-state index in [4.69, 9.17) is 0 Å². The van der Waals surface area contributed by atoms with E-state index in [2.05, 4.69) is 21.5 Å². The van der Waals surface area contributed by atoms with Crippen LogP contribution in [0.15, 0.2) is 24.1 Å². The smallest absolute Gasteiger partial charge is 0.116 e. The molecule has 1 aromatic rings. The third kappa shape index (κ3) is 1.70. The monoisotopic (exact) mass is 147 g/mol. The lowest BCUT2D eigenvalue weighted by molar-refractivity contribution is 1.14. The summed E-state index contributed by atoms with van der Waals surface area (Å²) in [6.07, 6.45) is 6.49. The molecule has 0 N–H and O–H groups in total. The SMILES string of the molecule is C=Cc1ncncc1/N=C\C. The summed E-state index contributed by atoms with van der Waals surface area (Å²) in [5, 5.41) is 0. The van der Waals surface area contributed by atoms with Crippen molar-refractivity contribution in [2.75, 3.05) is 0 Å². The van der Waals surface area contributed by atoms with Gasteiger partial charge in [-0.1, -0.05) is 6.58 Å². The van der Waals surface area contributed by atoms with Crippen LogP contribution in [0, 0.1) is 0 Å². The van der Waals surface area contributed by atoms with E-state index >= 15 is 0 Å². The fourth-order valence-corrected chi connectivity index (χ4v) is 0.728. The molecule has 0 unspecified atom stereocenters. The van der Waals surface area contributed by atoms with Gasteiger partial charge < -0.3 is 0 Å². The summed E-state index contributed by atoms with van der Waals surface area (Å²) in [4.78, 5) is 11.9. The Labute approximate surface area is 65.5 Å².